The predicted molar refractivity (Wildman–Crippen MR) is 74.8 cm³/mol. The molecule has 1 aromatic carbocycles. The molecule has 0 aliphatic rings. The molecule has 1 atom stereocenters. The number of alkyl halides is 3. The molecule has 1 nitrogen and oxygen atoms in total. The third-order valence-electron chi connectivity index (χ3n) is 3.09. The van der Waals surface area contributed by atoms with Crippen LogP contribution in [0.2, 0.25) is 0 Å². The fourth-order valence-corrected chi connectivity index (χ4v) is 2.40. The first-order valence-electron chi connectivity index (χ1n) is 6.48. The number of nitrogens with two attached hydrogens (primary N) is 1. The molecule has 0 amide bonds. The molecule has 108 valence electrons. The Morgan fingerprint density at radius 2 is 1.89 bits per heavy atom. The molecule has 1 rings (SSSR count). The van der Waals surface area contributed by atoms with Gasteiger partial charge in [-0.15, -0.1) is 0 Å². The molecule has 0 spiro atoms. The third-order valence-corrected chi connectivity index (χ3v) is 3.58. The van der Waals surface area contributed by atoms with Crippen LogP contribution in [-0.4, -0.2) is 0 Å². The van der Waals surface area contributed by atoms with E-state index in [9.17, 15) is 13.2 Å². The van der Waals surface area contributed by atoms with Crippen LogP contribution in [0.5, 0.6) is 0 Å². The lowest BCUT2D eigenvalue weighted by Gasteiger charge is -2.18. The van der Waals surface area contributed by atoms with Gasteiger partial charge in [0.25, 0.3) is 0 Å². The Morgan fingerprint density at radius 1 is 1.21 bits per heavy atom. The molecule has 0 aliphatic carbocycles. The minimum Gasteiger partial charge on any atom is -0.324 e. The number of hydrogen-bond donors (Lipinski definition) is 1. The van der Waals surface area contributed by atoms with Gasteiger partial charge in [-0.05, 0) is 24.1 Å². The van der Waals surface area contributed by atoms with E-state index in [1.165, 1.54) is 6.07 Å². The maximum atomic E-state index is 13.0. The van der Waals surface area contributed by atoms with E-state index in [0.717, 1.165) is 31.7 Å². The molecule has 0 heterocycles. The summed E-state index contributed by atoms with van der Waals surface area (Å²) in [6.45, 7) is 2.09. The normalized spacial score (nSPS) is 13.6. The second kappa shape index (κ2) is 7.29. The van der Waals surface area contributed by atoms with Crippen molar-refractivity contribution < 1.29 is 13.2 Å². The second-order valence-electron chi connectivity index (χ2n) is 4.69. The Hall–Kier alpha value is -0.550. The van der Waals surface area contributed by atoms with Crippen molar-refractivity contribution in [2.45, 2.75) is 51.2 Å². The average molecular weight is 338 g/mol. The predicted octanol–water partition coefficient (Wildman–Crippen LogP) is 5.44. The van der Waals surface area contributed by atoms with E-state index in [-0.39, 0.29) is 5.56 Å². The van der Waals surface area contributed by atoms with Gasteiger partial charge in [-0.25, -0.2) is 0 Å². The van der Waals surface area contributed by atoms with E-state index < -0.39 is 17.8 Å². The summed E-state index contributed by atoms with van der Waals surface area (Å²) in [7, 11) is 0. The van der Waals surface area contributed by atoms with Gasteiger partial charge in [-0.2, -0.15) is 13.2 Å². The van der Waals surface area contributed by atoms with Crippen molar-refractivity contribution in [2.24, 2.45) is 5.73 Å². The van der Waals surface area contributed by atoms with Gasteiger partial charge in [0.1, 0.15) is 0 Å². The molecule has 1 aromatic rings. The molecule has 0 fully saturated rings. The summed E-state index contributed by atoms with van der Waals surface area (Å²) < 4.78 is 39.3. The van der Waals surface area contributed by atoms with E-state index in [2.05, 4.69) is 22.9 Å². The standard InChI is InChI=1S/C14H19BrF3N/c1-2-3-4-5-6-13(19)11-8-7-10(15)9-12(11)14(16,17)18/h7-9,13H,2-6,19H2,1H3. The highest BCUT2D eigenvalue weighted by Gasteiger charge is 2.34. The van der Waals surface area contributed by atoms with Gasteiger partial charge in [0.05, 0.1) is 5.56 Å². The van der Waals surface area contributed by atoms with Gasteiger partial charge >= 0.3 is 6.18 Å². The minimum atomic E-state index is -4.36. The van der Waals surface area contributed by atoms with Crippen molar-refractivity contribution in [1.29, 1.82) is 0 Å². The van der Waals surface area contributed by atoms with Crippen molar-refractivity contribution in [3.05, 3.63) is 33.8 Å². The van der Waals surface area contributed by atoms with Crippen LogP contribution in [0.15, 0.2) is 22.7 Å². The highest BCUT2D eigenvalue weighted by Crippen LogP contribution is 2.36. The first kappa shape index (κ1) is 16.5. The van der Waals surface area contributed by atoms with E-state index in [4.69, 9.17) is 5.73 Å². The Balaban J connectivity index is 2.81. The lowest BCUT2D eigenvalue weighted by molar-refractivity contribution is -0.138. The molecule has 0 saturated heterocycles. The quantitative estimate of drug-likeness (QED) is 0.687. The third kappa shape index (κ3) is 5.15. The Morgan fingerprint density at radius 3 is 2.47 bits per heavy atom. The maximum absolute atomic E-state index is 13.0. The van der Waals surface area contributed by atoms with Gasteiger partial charge in [0.15, 0.2) is 0 Å². The maximum Gasteiger partial charge on any atom is 0.416 e. The van der Waals surface area contributed by atoms with Crippen LogP contribution >= 0.6 is 15.9 Å². The van der Waals surface area contributed by atoms with Crippen LogP contribution in [0.3, 0.4) is 0 Å². The van der Waals surface area contributed by atoms with Crippen molar-refractivity contribution in [2.75, 3.05) is 0 Å². The van der Waals surface area contributed by atoms with Crippen molar-refractivity contribution in [1.82, 2.24) is 0 Å². The van der Waals surface area contributed by atoms with E-state index in [1.54, 1.807) is 6.07 Å². The number of unbranched alkanes of at least 4 members (excludes halogenated alkanes) is 3. The minimum absolute atomic E-state index is 0.187. The van der Waals surface area contributed by atoms with Crippen LogP contribution in [0, 0.1) is 0 Å². The van der Waals surface area contributed by atoms with Crippen LogP contribution < -0.4 is 5.73 Å². The number of halogens is 4. The average Bonchev–Trinajstić information content (AvgIpc) is 2.33. The first-order chi connectivity index (χ1) is 8.86. The molecule has 5 heteroatoms. The smallest absolute Gasteiger partial charge is 0.324 e. The highest BCUT2D eigenvalue weighted by molar-refractivity contribution is 9.10. The first-order valence-corrected chi connectivity index (χ1v) is 7.27. The monoisotopic (exact) mass is 337 g/mol. The summed E-state index contributed by atoms with van der Waals surface area (Å²) in [6, 6.07) is 3.62. The number of hydrogen-bond acceptors (Lipinski definition) is 1. The summed E-state index contributed by atoms with van der Waals surface area (Å²) in [5, 5.41) is 0. The zero-order chi connectivity index (χ0) is 14.5. The van der Waals surface area contributed by atoms with Crippen molar-refractivity contribution >= 4 is 15.9 Å². The van der Waals surface area contributed by atoms with Crippen molar-refractivity contribution in [3.63, 3.8) is 0 Å². The Kier molecular flexibility index (Phi) is 6.33. The molecule has 2 N–H and O–H groups in total. The summed E-state index contributed by atoms with van der Waals surface area (Å²) in [5.41, 5.74) is 5.46. The van der Waals surface area contributed by atoms with Crippen LogP contribution in [0.1, 0.15) is 56.2 Å². The summed E-state index contributed by atoms with van der Waals surface area (Å²) in [4.78, 5) is 0. The fraction of sp³-hybridized carbons (Fsp3) is 0.571. The van der Waals surface area contributed by atoms with Gasteiger partial charge in [-0.1, -0.05) is 54.6 Å². The van der Waals surface area contributed by atoms with Gasteiger partial charge in [0, 0.05) is 10.5 Å². The van der Waals surface area contributed by atoms with Crippen LogP contribution in [0.4, 0.5) is 13.2 Å². The Labute approximate surface area is 120 Å². The molecule has 0 bridgehead atoms. The zero-order valence-electron chi connectivity index (χ0n) is 10.9. The topological polar surface area (TPSA) is 26.0 Å². The van der Waals surface area contributed by atoms with Crippen molar-refractivity contribution in [3.8, 4) is 0 Å². The van der Waals surface area contributed by atoms with Gasteiger partial charge in [0.2, 0.25) is 0 Å². The largest absolute Gasteiger partial charge is 0.416 e. The highest BCUT2D eigenvalue weighted by atomic mass is 79.9. The lowest BCUT2D eigenvalue weighted by Crippen LogP contribution is -2.17. The van der Waals surface area contributed by atoms with Crippen LogP contribution in [-0.2, 0) is 6.18 Å². The van der Waals surface area contributed by atoms with E-state index >= 15 is 0 Å². The van der Waals surface area contributed by atoms with Gasteiger partial charge < -0.3 is 5.73 Å². The SMILES string of the molecule is CCCCCCC(N)c1ccc(Br)cc1C(F)(F)F. The molecular formula is C14H19BrF3N. The molecule has 1 unspecified atom stereocenters. The molecule has 19 heavy (non-hydrogen) atoms. The lowest BCUT2D eigenvalue weighted by atomic mass is 9.96. The summed E-state index contributed by atoms with van der Waals surface area (Å²) >= 11 is 3.07. The number of benzene rings is 1. The number of rotatable bonds is 6. The second-order valence-corrected chi connectivity index (χ2v) is 5.60. The van der Waals surface area contributed by atoms with Crippen LogP contribution in [0.25, 0.3) is 0 Å². The van der Waals surface area contributed by atoms with E-state index in [1.807, 2.05) is 0 Å². The fourth-order valence-electron chi connectivity index (χ4n) is 2.04. The molecule has 0 aliphatic heterocycles. The molecular weight excluding hydrogens is 319 g/mol. The molecule has 0 radical (unpaired) electrons. The van der Waals surface area contributed by atoms with Gasteiger partial charge in [-0.3, -0.25) is 0 Å². The van der Waals surface area contributed by atoms with E-state index in [0.29, 0.717) is 10.9 Å². The summed E-state index contributed by atoms with van der Waals surface area (Å²) in [5.74, 6) is 0. The molecule has 0 saturated carbocycles. The summed E-state index contributed by atoms with van der Waals surface area (Å²) in [6.07, 6.45) is 0.301. The Bertz CT molecular complexity index is 404. The molecule has 0 aromatic heterocycles. The zero-order valence-corrected chi connectivity index (χ0v) is 12.5.